The highest BCUT2D eigenvalue weighted by Gasteiger charge is 2.28. The van der Waals surface area contributed by atoms with Gasteiger partial charge in [0.15, 0.2) is 5.69 Å². The predicted molar refractivity (Wildman–Crippen MR) is 96.6 cm³/mol. The molecule has 1 aliphatic carbocycles. The number of nitrogens with zero attached hydrogens (tertiary/aromatic N) is 2. The summed E-state index contributed by atoms with van der Waals surface area (Å²) in [5.41, 5.74) is 3.91. The average molecular weight is 389 g/mol. The molecule has 24 heavy (non-hydrogen) atoms. The second-order valence-electron chi connectivity index (χ2n) is 6.54. The molecule has 5 nitrogen and oxygen atoms in total. The Kier molecular flexibility index (Phi) is 4.41. The zero-order valence-corrected chi connectivity index (χ0v) is 15.1. The normalized spacial score (nSPS) is 20.0. The predicted octanol–water partition coefficient (Wildman–Crippen LogP) is 2.61. The summed E-state index contributed by atoms with van der Waals surface area (Å²) < 4.78 is 2.96. The second kappa shape index (κ2) is 6.69. The Hall–Kier alpha value is -1.66. The molecule has 1 aromatic carbocycles. The Bertz CT molecular complexity index is 764. The van der Waals surface area contributed by atoms with Crippen LogP contribution in [0, 0.1) is 0 Å². The van der Waals surface area contributed by atoms with Crippen LogP contribution >= 0.6 is 15.9 Å². The number of hydrogen-bond donors (Lipinski definition) is 2. The fraction of sp³-hybridized carbons (Fsp3) is 0.444. The molecular weight excluding hydrogens is 368 g/mol. The minimum Gasteiger partial charge on any atom is -0.347 e. The summed E-state index contributed by atoms with van der Waals surface area (Å²) in [5, 5.41) is 11.2. The Morgan fingerprint density at radius 2 is 2.25 bits per heavy atom. The minimum absolute atomic E-state index is 0.0319. The van der Waals surface area contributed by atoms with Gasteiger partial charge in [-0.15, -0.1) is 0 Å². The van der Waals surface area contributed by atoms with E-state index in [4.69, 9.17) is 0 Å². The van der Waals surface area contributed by atoms with E-state index in [9.17, 15) is 4.79 Å². The van der Waals surface area contributed by atoms with E-state index in [2.05, 4.69) is 31.7 Å². The van der Waals surface area contributed by atoms with Crippen molar-refractivity contribution in [1.29, 1.82) is 0 Å². The van der Waals surface area contributed by atoms with E-state index in [0.717, 1.165) is 60.9 Å². The number of carbonyl (C=O) groups is 1. The molecule has 6 heteroatoms. The summed E-state index contributed by atoms with van der Waals surface area (Å²) in [6.07, 6.45) is 5.15. The van der Waals surface area contributed by atoms with Crippen LogP contribution in [0.1, 0.15) is 41.0 Å². The van der Waals surface area contributed by atoms with E-state index >= 15 is 0 Å². The first-order chi connectivity index (χ1) is 11.7. The smallest absolute Gasteiger partial charge is 0.272 e. The summed E-state index contributed by atoms with van der Waals surface area (Å²) in [6.45, 7) is 1.89. The molecule has 126 valence electrons. The van der Waals surface area contributed by atoms with Crippen LogP contribution in [0.2, 0.25) is 0 Å². The van der Waals surface area contributed by atoms with Crippen LogP contribution in [-0.4, -0.2) is 34.8 Å². The van der Waals surface area contributed by atoms with Gasteiger partial charge < -0.3 is 10.6 Å². The van der Waals surface area contributed by atoms with Gasteiger partial charge in [0, 0.05) is 28.3 Å². The molecule has 1 atom stereocenters. The molecule has 2 heterocycles. The van der Waals surface area contributed by atoms with Crippen molar-refractivity contribution in [3.8, 4) is 5.69 Å². The van der Waals surface area contributed by atoms with Crippen molar-refractivity contribution in [1.82, 2.24) is 20.4 Å². The molecule has 2 N–H and O–H groups in total. The number of hydrogen-bond acceptors (Lipinski definition) is 3. The third-order valence-electron chi connectivity index (χ3n) is 4.83. The lowest BCUT2D eigenvalue weighted by molar-refractivity contribution is 0.0924. The highest BCUT2D eigenvalue weighted by Crippen LogP contribution is 2.28. The van der Waals surface area contributed by atoms with Gasteiger partial charge in [0.2, 0.25) is 0 Å². The van der Waals surface area contributed by atoms with Crippen LogP contribution in [-0.2, 0) is 12.8 Å². The molecule has 2 aliphatic rings. The lowest BCUT2D eigenvalue weighted by Crippen LogP contribution is -2.45. The maximum Gasteiger partial charge on any atom is 0.272 e. The molecule has 0 unspecified atom stereocenters. The first kappa shape index (κ1) is 15.8. The van der Waals surface area contributed by atoms with E-state index in [1.165, 1.54) is 5.69 Å². The molecule has 0 saturated carbocycles. The monoisotopic (exact) mass is 388 g/mol. The third kappa shape index (κ3) is 3.00. The van der Waals surface area contributed by atoms with Crippen molar-refractivity contribution in [3.05, 3.63) is 45.7 Å². The van der Waals surface area contributed by atoms with Crippen molar-refractivity contribution in [3.63, 3.8) is 0 Å². The van der Waals surface area contributed by atoms with Gasteiger partial charge in [-0.3, -0.25) is 4.79 Å². The van der Waals surface area contributed by atoms with Gasteiger partial charge in [-0.2, -0.15) is 5.10 Å². The van der Waals surface area contributed by atoms with Crippen LogP contribution in [0.25, 0.3) is 5.69 Å². The van der Waals surface area contributed by atoms with Crippen LogP contribution in [0.3, 0.4) is 0 Å². The quantitative estimate of drug-likeness (QED) is 0.849. The molecule has 1 saturated heterocycles. The van der Waals surface area contributed by atoms with Crippen LogP contribution < -0.4 is 10.6 Å². The fourth-order valence-corrected chi connectivity index (χ4v) is 4.06. The molecule has 4 rings (SSSR count). The molecule has 1 fully saturated rings. The van der Waals surface area contributed by atoms with Gasteiger partial charge in [0.1, 0.15) is 0 Å². The first-order valence-corrected chi connectivity index (χ1v) is 9.40. The average Bonchev–Trinajstić information content (AvgIpc) is 3.18. The fourth-order valence-electron chi connectivity index (χ4n) is 3.67. The number of rotatable bonds is 3. The molecule has 0 bridgehead atoms. The maximum absolute atomic E-state index is 12.8. The number of nitrogens with one attached hydrogen (secondary N) is 2. The number of halogens is 1. The van der Waals surface area contributed by atoms with Gasteiger partial charge in [-0.1, -0.05) is 22.0 Å². The van der Waals surface area contributed by atoms with Crippen LogP contribution in [0.4, 0.5) is 0 Å². The van der Waals surface area contributed by atoms with Gasteiger partial charge in [-0.25, -0.2) is 4.68 Å². The van der Waals surface area contributed by atoms with Crippen molar-refractivity contribution >= 4 is 21.8 Å². The van der Waals surface area contributed by atoms with Gasteiger partial charge in [-0.05, 0) is 56.8 Å². The summed E-state index contributed by atoms with van der Waals surface area (Å²) in [7, 11) is 0. The zero-order chi connectivity index (χ0) is 16.5. The zero-order valence-electron chi connectivity index (χ0n) is 13.5. The molecule has 2 aromatic rings. The lowest BCUT2D eigenvalue weighted by atomic mass is 10.1. The molecule has 0 radical (unpaired) electrons. The lowest BCUT2D eigenvalue weighted by Gasteiger charge is -2.23. The summed E-state index contributed by atoms with van der Waals surface area (Å²) in [5.74, 6) is -0.0319. The maximum atomic E-state index is 12.8. The highest BCUT2D eigenvalue weighted by molar-refractivity contribution is 9.10. The van der Waals surface area contributed by atoms with Gasteiger partial charge >= 0.3 is 0 Å². The number of amides is 1. The number of benzene rings is 1. The Labute approximate surface area is 149 Å². The number of carbonyl (C=O) groups excluding carboxylic acids is 1. The number of fused-ring (bicyclic) bond motifs is 1. The largest absolute Gasteiger partial charge is 0.347 e. The van der Waals surface area contributed by atoms with Crippen LogP contribution in [0.5, 0.6) is 0 Å². The van der Waals surface area contributed by atoms with Crippen LogP contribution in [0.15, 0.2) is 28.7 Å². The summed E-state index contributed by atoms with van der Waals surface area (Å²) >= 11 is 3.51. The van der Waals surface area contributed by atoms with Crippen molar-refractivity contribution < 1.29 is 4.79 Å². The summed E-state index contributed by atoms with van der Waals surface area (Å²) in [6, 6.07) is 8.27. The topological polar surface area (TPSA) is 59.0 Å². The Balaban J connectivity index is 1.64. The van der Waals surface area contributed by atoms with Gasteiger partial charge in [0.05, 0.1) is 5.69 Å². The van der Waals surface area contributed by atoms with E-state index in [-0.39, 0.29) is 11.9 Å². The molecule has 1 aliphatic heterocycles. The molecule has 0 spiro atoms. The van der Waals surface area contributed by atoms with E-state index in [1.807, 2.05) is 28.9 Å². The van der Waals surface area contributed by atoms with Crippen molar-refractivity contribution in [2.24, 2.45) is 0 Å². The van der Waals surface area contributed by atoms with E-state index in [0.29, 0.717) is 5.69 Å². The van der Waals surface area contributed by atoms with E-state index in [1.54, 1.807) is 0 Å². The standard InChI is InChI=1S/C18H21BrN4O/c19-12-4-1-6-14(10-12)23-16-8-2-7-15(16)17(22-23)18(24)21-13-5-3-9-20-11-13/h1,4,6,10,13,20H,2-3,5,7-9,11H2,(H,21,24)/t13-/m0/s1. The first-order valence-electron chi connectivity index (χ1n) is 8.60. The number of piperidine rings is 1. The summed E-state index contributed by atoms with van der Waals surface area (Å²) in [4.78, 5) is 12.8. The molecular formula is C18H21BrN4O. The third-order valence-corrected chi connectivity index (χ3v) is 5.32. The van der Waals surface area contributed by atoms with E-state index < -0.39 is 0 Å². The van der Waals surface area contributed by atoms with Gasteiger partial charge in [0.25, 0.3) is 5.91 Å². The van der Waals surface area contributed by atoms with Crippen molar-refractivity contribution in [2.75, 3.05) is 13.1 Å². The SMILES string of the molecule is O=C(N[C@H]1CCCNC1)c1nn(-c2cccc(Br)c2)c2c1CCC2. The number of aromatic nitrogens is 2. The molecule has 1 amide bonds. The highest BCUT2D eigenvalue weighted by atomic mass is 79.9. The Morgan fingerprint density at radius 1 is 1.33 bits per heavy atom. The Morgan fingerprint density at radius 3 is 3.04 bits per heavy atom. The minimum atomic E-state index is -0.0319. The van der Waals surface area contributed by atoms with Crippen molar-refractivity contribution in [2.45, 2.75) is 38.1 Å². The molecule has 1 aromatic heterocycles. The second-order valence-corrected chi connectivity index (χ2v) is 7.45.